The van der Waals surface area contributed by atoms with Gasteiger partial charge in [0.2, 0.25) is 0 Å². The molecule has 19 heavy (non-hydrogen) atoms. The minimum Gasteiger partial charge on any atom is -0.315 e. The van der Waals surface area contributed by atoms with Gasteiger partial charge in [-0.25, -0.2) is 0 Å². The third kappa shape index (κ3) is 3.63. The van der Waals surface area contributed by atoms with E-state index in [2.05, 4.69) is 57.6 Å². The number of rotatable bonds is 5. The highest BCUT2D eigenvalue weighted by Gasteiger charge is 2.20. The van der Waals surface area contributed by atoms with Crippen LogP contribution in [0.25, 0.3) is 0 Å². The molecule has 1 N–H and O–H groups in total. The molecular weight excluding hydrogens is 338 g/mol. The maximum atomic E-state index is 3.59. The standard InChI is InChI=1S/C15H16BrNS2/c16-15-6-5-12(19-15)7-8-17-10-13-9-11-3-1-2-4-14(11)18-13/h1-6,13,17H,7-10H2. The third-order valence-electron chi connectivity index (χ3n) is 3.26. The molecule has 100 valence electrons. The summed E-state index contributed by atoms with van der Waals surface area (Å²) in [5, 5.41) is 4.29. The Morgan fingerprint density at radius 3 is 2.89 bits per heavy atom. The predicted molar refractivity (Wildman–Crippen MR) is 88.4 cm³/mol. The zero-order valence-electron chi connectivity index (χ0n) is 10.6. The van der Waals surface area contributed by atoms with E-state index in [1.54, 1.807) is 0 Å². The van der Waals surface area contributed by atoms with Gasteiger partial charge in [0, 0.05) is 21.6 Å². The van der Waals surface area contributed by atoms with Crippen LogP contribution in [0, 0.1) is 0 Å². The molecule has 1 aromatic heterocycles. The summed E-state index contributed by atoms with van der Waals surface area (Å²) in [6, 6.07) is 13.1. The molecule has 1 unspecified atom stereocenters. The van der Waals surface area contributed by atoms with E-state index in [0.29, 0.717) is 5.25 Å². The minimum atomic E-state index is 0.701. The lowest BCUT2D eigenvalue weighted by atomic mass is 10.1. The highest BCUT2D eigenvalue weighted by Crippen LogP contribution is 2.36. The quantitative estimate of drug-likeness (QED) is 0.801. The number of halogens is 1. The smallest absolute Gasteiger partial charge is 0.0701 e. The SMILES string of the molecule is Brc1ccc(CCNCC2Cc3ccccc3S2)s1. The van der Waals surface area contributed by atoms with E-state index in [0.717, 1.165) is 19.5 Å². The molecule has 1 nitrogen and oxygen atoms in total. The van der Waals surface area contributed by atoms with Crippen molar-refractivity contribution < 1.29 is 0 Å². The fraction of sp³-hybridized carbons (Fsp3) is 0.333. The van der Waals surface area contributed by atoms with E-state index in [1.165, 1.54) is 25.5 Å². The van der Waals surface area contributed by atoms with Crippen LogP contribution in [0.3, 0.4) is 0 Å². The van der Waals surface area contributed by atoms with Crippen LogP contribution in [-0.2, 0) is 12.8 Å². The first-order valence-corrected chi connectivity index (χ1v) is 8.99. The average Bonchev–Trinajstić information content (AvgIpc) is 3.00. The summed E-state index contributed by atoms with van der Waals surface area (Å²) in [6.45, 7) is 2.17. The van der Waals surface area contributed by atoms with Crippen LogP contribution < -0.4 is 5.32 Å². The van der Waals surface area contributed by atoms with Gasteiger partial charge in [0.1, 0.15) is 0 Å². The van der Waals surface area contributed by atoms with Crippen molar-refractivity contribution in [1.82, 2.24) is 5.32 Å². The van der Waals surface area contributed by atoms with Gasteiger partial charge >= 0.3 is 0 Å². The maximum absolute atomic E-state index is 3.59. The van der Waals surface area contributed by atoms with Gasteiger partial charge < -0.3 is 5.32 Å². The van der Waals surface area contributed by atoms with Crippen LogP contribution in [-0.4, -0.2) is 18.3 Å². The monoisotopic (exact) mass is 353 g/mol. The molecule has 0 spiro atoms. The van der Waals surface area contributed by atoms with Crippen LogP contribution in [0.2, 0.25) is 0 Å². The molecule has 2 aromatic rings. The first-order valence-electron chi connectivity index (χ1n) is 6.51. The topological polar surface area (TPSA) is 12.0 Å². The Bertz CT molecular complexity index is 528. The summed E-state index contributed by atoms with van der Waals surface area (Å²) in [7, 11) is 0. The number of nitrogens with one attached hydrogen (secondary N) is 1. The molecule has 0 fully saturated rings. The molecule has 0 bridgehead atoms. The lowest BCUT2D eigenvalue weighted by molar-refractivity contribution is 0.664. The van der Waals surface area contributed by atoms with Gasteiger partial charge in [-0.2, -0.15) is 0 Å². The average molecular weight is 354 g/mol. The van der Waals surface area contributed by atoms with Crippen molar-refractivity contribution in [1.29, 1.82) is 0 Å². The Hall–Kier alpha value is -0.290. The van der Waals surface area contributed by atoms with Crippen molar-refractivity contribution in [2.24, 2.45) is 0 Å². The first kappa shape index (κ1) is 13.7. The van der Waals surface area contributed by atoms with E-state index >= 15 is 0 Å². The molecule has 1 aromatic carbocycles. The second kappa shape index (κ2) is 6.44. The number of thiophene rings is 1. The van der Waals surface area contributed by atoms with Crippen molar-refractivity contribution in [3.05, 3.63) is 50.6 Å². The van der Waals surface area contributed by atoms with E-state index in [1.807, 2.05) is 23.1 Å². The number of fused-ring (bicyclic) bond motifs is 1. The highest BCUT2D eigenvalue weighted by molar-refractivity contribution is 9.11. The van der Waals surface area contributed by atoms with E-state index in [9.17, 15) is 0 Å². The van der Waals surface area contributed by atoms with Gasteiger partial charge in [-0.05, 0) is 59.1 Å². The van der Waals surface area contributed by atoms with E-state index < -0.39 is 0 Å². The summed E-state index contributed by atoms with van der Waals surface area (Å²) < 4.78 is 1.23. The second-order valence-corrected chi connectivity index (χ2v) is 8.60. The predicted octanol–water partition coefficient (Wildman–Crippen LogP) is 4.36. The summed E-state index contributed by atoms with van der Waals surface area (Å²) in [6.07, 6.45) is 2.33. The van der Waals surface area contributed by atoms with Crippen molar-refractivity contribution in [2.45, 2.75) is 23.0 Å². The lowest BCUT2D eigenvalue weighted by Crippen LogP contribution is -2.26. The Kier molecular flexibility index (Phi) is 4.64. The molecule has 3 rings (SSSR count). The summed E-state index contributed by atoms with van der Waals surface area (Å²) in [5.41, 5.74) is 1.52. The largest absolute Gasteiger partial charge is 0.315 e. The fourth-order valence-corrected chi connectivity index (χ4v) is 5.09. The molecule has 0 saturated carbocycles. The molecule has 0 amide bonds. The van der Waals surface area contributed by atoms with Crippen molar-refractivity contribution in [3.63, 3.8) is 0 Å². The number of benzene rings is 1. The maximum Gasteiger partial charge on any atom is 0.0701 e. The normalized spacial score (nSPS) is 17.6. The van der Waals surface area contributed by atoms with Crippen LogP contribution >= 0.6 is 39.0 Å². The van der Waals surface area contributed by atoms with Gasteiger partial charge in [-0.1, -0.05) is 18.2 Å². The van der Waals surface area contributed by atoms with Crippen molar-refractivity contribution in [3.8, 4) is 0 Å². The third-order valence-corrected chi connectivity index (χ3v) is 6.27. The zero-order chi connectivity index (χ0) is 13.1. The van der Waals surface area contributed by atoms with E-state index in [-0.39, 0.29) is 0 Å². The van der Waals surface area contributed by atoms with Gasteiger partial charge in [0.25, 0.3) is 0 Å². The van der Waals surface area contributed by atoms with Crippen LogP contribution in [0.4, 0.5) is 0 Å². The Morgan fingerprint density at radius 2 is 2.11 bits per heavy atom. The number of hydrogen-bond donors (Lipinski definition) is 1. The molecular formula is C15H16BrNS2. The van der Waals surface area contributed by atoms with Crippen LogP contribution in [0.1, 0.15) is 10.4 Å². The van der Waals surface area contributed by atoms with Crippen LogP contribution in [0.5, 0.6) is 0 Å². The zero-order valence-corrected chi connectivity index (χ0v) is 13.8. The molecule has 1 aliphatic rings. The molecule has 1 aliphatic heterocycles. The van der Waals surface area contributed by atoms with E-state index in [4.69, 9.17) is 0 Å². The van der Waals surface area contributed by atoms with Crippen molar-refractivity contribution >= 4 is 39.0 Å². The Labute approximate surface area is 130 Å². The van der Waals surface area contributed by atoms with Gasteiger partial charge in [-0.3, -0.25) is 0 Å². The summed E-state index contributed by atoms with van der Waals surface area (Å²) in [5.74, 6) is 0. The van der Waals surface area contributed by atoms with Gasteiger partial charge in [0.05, 0.1) is 3.79 Å². The number of thioether (sulfide) groups is 1. The van der Waals surface area contributed by atoms with Gasteiger partial charge in [-0.15, -0.1) is 23.1 Å². The second-order valence-electron chi connectivity index (χ2n) is 4.71. The fourth-order valence-electron chi connectivity index (χ4n) is 2.33. The highest BCUT2D eigenvalue weighted by atomic mass is 79.9. The van der Waals surface area contributed by atoms with Gasteiger partial charge in [0.15, 0.2) is 0 Å². The Morgan fingerprint density at radius 1 is 1.21 bits per heavy atom. The minimum absolute atomic E-state index is 0.701. The summed E-state index contributed by atoms with van der Waals surface area (Å²) in [4.78, 5) is 2.92. The van der Waals surface area contributed by atoms with Crippen molar-refractivity contribution in [2.75, 3.05) is 13.1 Å². The molecule has 1 atom stereocenters. The molecule has 0 radical (unpaired) electrons. The Balaban J connectivity index is 1.40. The molecule has 0 aliphatic carbocycles. The lowest BCUT2D eigenvalue weighted by Gasteiger charge is -2.09. The number of hydrogen-bond acceptors (Lipinski definition) is 3. The first-order chi connectivity index (χ1) is 9.31. The molecule has 2 heterocycles. The molecule has 0 saturated heterocycles. The van der Waals surface area contributed by atoms with Crippen LogP contribution in [0.15, 0.2) is 45.1 Å². The summed E-state index contributed by atoms with van der Waals surface area (Å²) >= 11 is 7.36. The molecule has 4 heteroatoms.